The molecule has 1 N–H and O–H groups in total. The van der Waals surface area contributed by atoms with Gasteiger partial charge in [-0.3, -0.25) is 0 Å². The number of aliphatic hydroxyl groups excluding tert-OH is 1. The minimum absolute atomic E-state index is 0.316. The number of aliphatic hydroxyl groups is 1. The van der Waals surface area contributed by atoms with Crippen LogP contribution in [0.1, 0.15) is 18.9 Å². The average Bonchev–Trinajstić information content (AvgIpc) is 2.25. The van der Waals surface area contributed by atoms with Crippen LogP contribution in [0.5, 0.6) is 0 Å². The van der Waals surface area contributed by atoms with E-state index < -0.39 is 0 Å². The van der Waals surface area contributed by atoms with Crippen molar-refractivity contribution >= 4 is 21.6 Å². The quantitative estimate of drug-likeness (QED) is 0.923. The van der Waals surface area contributed by atoms with Gasteiger partial charge in [-0.15, -0.1) is 0 Å². The van der Waals surface area contributed by atoms with Crippen molar-refractivity contribution in [2.24, 2.45) is 0 Å². The molecule has 0 saturated carbocycles. The summed E-state index contributed by atoms with van der Waals surface area (Å²) in [5, 5.41) is 18.2. The summed E-state index contributed by atoms with van der Waals surface area (Å²) in [6, 6.07) is 7.79. The summed E-state index contributed by atoms with van der Waals surface area (Å²) in [7, 11) is 1.92. The molecular formula is C12H15BrN2O. The Labute approximate surface area is 104 Å². The molecule has 1 aromatic rings. The maximum atomic E-state index is 9.22. The molecular weight excluding hydrogens is 268 g/mol. The number of halogens is 1. The minimum Gasteiger partial charge on any atom is -0.393 e. The van der Waals surface area contributed by atoms with Crippen LogP contribution in [-0.4, -0.2) is 24.8 Å². The lowest BCUT2D eigenvalue weighted by Gasteiger charge is -2.21. The second-order valence-corrected chi connectivity index (χ2v) is 4.75. The molecule has 4 heteroatoms. The zero-order valence-corrected chi connectivity index (χ0v) is 11.0. The predicted molar refractivity (Wildman–Crippen MR) is 68.4 cm³/mol. The van der Waals surface area contributed by atoms with Gasteiger partial charge in [-0.1, -0.05) is 15.9 Å². The number of benzene rings is 1. The topological polar surface area (TPSA) is 47.3 Å². The third-order valence-electron chi connectivity index (χ3n) is 2.37. The summed E-state index contributed by atoms with van der Waals surface area (Å²) in [4.78, 5) is 1.98. The van der Waals surface area contributed by atoms with Crippen molar-refractivity contribution in [3.63, 3.8) is 0 Å². The van der Waals surface area contributed by atoms with Crippen molar-refractivity contribution in [1.29, 1.82) is 5.26 Å². The summed E-state index contributed by atoms with van der Waals surface area (Å²) in [5.41, 5.74) is 1.54. The van der Waals surface area contributed by atoms with E-state index in [4.69, 9.17) is 5.26 Å². The third kappa shape index (κ3) is 3.51. The van der Waals surface area contributed by atoms with Crippen LogP contribution in [0.3, 0.4) is 0 Å². The molecule has 0 spiro atoms. The Morgan fingerprint density at radius 1 is 1.56 bits per heavy atom. The molecule has 0 saturated heterocycles. The van der Waals surface area contributed by atoms with Gasteiger partial charge in [-0.25, -0.2) is 0 Å². The van der Waals surface area contributed by atoms with Crippen LogP contribution in [0.2, 0.25) is 0 Å². The number of rotatable bonds is 4. The van der Waals surface area contributed by atoms with E-state index in [0.717, 1.165) is 16.7 Å². The molecule has 0 heterocycles. The Kier molecular flexibility index (Phi) is 4.78. The van der Waals surface area contributed by atoms with Crippen LogP contribution in [0.25, 0.3) is 0 Å². The number of nitriles is 1. The Morgan fingerprint density at radius 2 is 2.25 bits per heavy atom. The first-order valence-corrected chi connectivity index (χ1v) is 5.92. The second-order valence-electron chi connectivity index (χ2n) is 3.83. The smallest absolute Gasteiger partial charge is 0.101 e. The first-order chi connectivity index (χ1) is 7.54. The zero-order valence-electron chi connectivity index (χ0n) is 9.44. The molecule has 0 radical (unpaired) electrons. The van der Waals surface area contributed by atoms with Gasteiger partial charge in [-0.2, -0.15) is 5.26 Å². The molecule has 3 nitrogen and oxygen atoms in total. The maximum absolute atomic E-state index is 9.22. The van der Waals surface area contributed by atoms with Gasteiger partial charge in [0.2, 0.25) is 0 Å². The van der Waals surface area contributed by atoms with Crippen LogP contribution in [0.4, 0.5) is 5.69 Å². The fourth-order valence-corrected chi connectivity index (χ4v) is 1.79. The van der Waals surface area contributed by atoms with Gasteiger partial charge in [0, 0.05) is 18.1 Å². The molecule has 0 aliphatic rings. The number of anilines is 1. The van der Waals surface area contributed by atoms with E-state index in [9.17, 15) is 5.11 Å². The van der Waals surface area contributed by atoms with Crippen molar-refractivity contribution in [3.8, 4) is 6.07 Å². The van der Waals surface area contributed by atoms with Gasteiger partial charge in [0.05, 0.1) is 17.4 Å². The van der Waals surface area contributed by atoms with E-state index in [0.29, 0.717) is 12.0 Å². The normalized spacial score (nSPS) is 11.9. The monoisotopic (exact) mass is 282 g/mol. The highest BCUT2D eigenvalue weighted by molar-refractivity contribution is 9.10. The third-order valence-corrected chi connectivity index (χ3v) is 2.87. The van der Waals surface area contributed by atoms with Gasteiger partial charge in [0.25, 0.3) is 0 Å². The van der Waals surface area contributed by atoms with Gasteiger partial charge in [0.1, 0.15) is 6.07 Å². The van der Waals surface area contributed by atoms with E-state index in [1.807, 2.05) is 24.1 Å². The maximum Gasteiger partial charge on any atom is 0.101 e. The van der Waals surface area contributed by atoms with Crippen LogP contribution >= 0.6 is 15.9 Å². The van der Waals surface area contributed by atoms with Crippen LogP contribution in [0, 0.1) is 11.3 Å². The largest absolute Gasteiger partial charge is 0.393 e. The predicted octanol–water partition coefficient (Wildman–Crippen LogP) is 2.53. The van der Waals surface area contributed by atoms with Crippen LogP contribution in [0.15, 0.2) is 22.7 Å². The van der Waals surface area contributed by atoms with Crippen molar-refractivity contribution in [2.75, 3.05) is 18.5 Å². The van der Waals surface area contributed by atoms with Gasteiger partial charge in [0.15, 0.2) is 0 Å². The lowest BCUT2D eigenvalue weighted by atomic mass is 10.1. The summed E-state index contributed by atoms with van der Waals surface area (Å²) < 4.78 is 0.900. The van der Waals surface area contributed by atoms with Gasteiger partial charge in [-0.05, 0) is 31.5 Å². The van der Waals surface area contributed by atoms with Crippen molar-refractivity contribution in [3.05, 3.63) is 28.2 Å². The second kappa shape index (κ2) is 5.88. The van der Waals surface area contributed by atoms with E-state index in [1.165, 1.54) is 0 Å². The van der Waals surface area contributed by atoms with Crippen LogP contribution < -0.4 is 4.90 Å². The summed E-state index contributed by atoms with van der Waals surface area (Å²) in [6.07, 6.45) is 0.376. The fourth-order valence-electron chi connectivity index (χ4n) is 1.43. The van der Waals surface area contributed by atoms with Crippen molar-refractivity contribution in [2.45, 2.75) is 19.4 Å². The van der Waals surface area contributed by atoms with Crippen molar-refractivity contribution in [1.82, 2.24) is 0 Å². The molecule has 86 valence electrons. The molecule has 1 atom stereocenters. The Hall–Kier alpha value is -1.05. The Morgan fingerprint density at radius 3 is 2.81 bits per heavy atom. The van der Waals surface area contributed by atoms with E-state index in [2.05, 4.69) is 22.0 Å². The highest BCUT2D eigenvalue weighted by Crippen LogP contribution is 2.23. The number of hydrogen-bond donors (Lipinski definition) is 1. The summed E-state index contributed by atoms with van der Waals surface area (Å²) in [5.74, 6) is 0. The highest BCUT2D eigenvalue weighted by atomic mass is 79.9. The van der Waals surface area contributed by atoms with Crippen molar-refractivity contribution < 1.29 is 5.11 Å². The molecule has 16 heavy (non-hydrogen) atoms. The van der Waals surface area contributed by atoms with Gasteiger partial charge >= 0.3 is 0 Å². The summed E-state index contributed by atoms with van der Waals surface area (Å²) >= 11 is 3.34. The molecule has 0 aliphatic heterocycles. The number of nitrogens with zero attached hydrogens (tertiary/aromatic N) is 2. The fraction of sp³-hybridized carbons (Fsp3) is 0.417. The molecule has 0 fully saturated rings. The molecule has 0 unspecified atom stereocenters. The Bertz CT molecular complexity index is 398. The molecule has 0 bridgehead atoms. The van der Waals surface area contributed by atoms with E-state index in [-0.39, 0.29) is 6.10 Å². The minimum atomic E-state index is -0.316. The van der Waals surface area contributed by atoms with Crippen LogP contribution in [-0.2, 0) is 0 Å². The molecule has 0 aromatic heterocycles. The molecule has 1 aromatic carbocycles. The Balaban J connectivity index is 2.83. The molecule has 0 aliphatic carbocycles. The number of hydrogen-bond acceptors (Lipinski definition) is 3. The average molecular weight is 283 g/mol. The highest BCUT2D eigenvalue weighted by Gasteiger charge is 2.08. The SMILES string of the molecule is C[C@@H](O)CCN(C)c1ccc(Br)cc1C#N. The first kappa shape index (κ1) is 13.0. The molecule has 1 rings (SSSR count). The van der Waals surface area contributed by atoms with Gasteiger partial charge < -0.3 is 10.0 Å². The molecule has 0 amide bonds. The zero-order chi connectivity index (χ0) is 12.1. The summed E-state index contributed by atoms with van der Waals surface area (Å²) in [6.45, 7) is 2.49. The lowest BCUT2D eigenvalue weighted by Crippen LogP contribution is -2.22. The van der Waals surface area contributed by atoms with E-state index >= 15 is 0 Å². The van der Waals surface area contributed by atoms with E-state index in [1.54, 1.807) is 13.0 Å². The standard InChI is InChI=1S/C12H15BrN2O/c1-9(16)5-6-15(2)12-4-3-11(13)7-10(12)8-14/h3-4,7,9,16H,5-6H2,1-2H3/t9-/m1/s1. The lowest BCUT2D eigenvalue weighted by molar-refractivity contribution is 0.187. The first-order valence-electron chi connectivity index (χ1n) is 5.13.